The molecule has 0 radical (unpaired) electrons. The highest BCUT2D eigenvalue weighted by Gasteiger charge is 2.63. The summed E-state index contributed by atoms with van der Waals surface area (Å²) in [6.45, 7) is 0. The molecule has 1 amide bonds. The number of rotatable bonds is 3. The zero-order chi connectivity index (χ0) is 26.3. The third-order valence-electron chi connectivity index (χ3n) is 7.44. The molecule has 1 aromatic carbocycles. The second-order valence-electron chi connectivity index (χ2n) is 9.55. The second-order valence-corrected chi connectivity index (χ2v) is 9.93. The Labute approximate surface area is 209 Å². The lowest BCUT2D eigenvalue weighted by atomic mass is 9.58. The second kappa shape index (κ2) is 7.95. The summed E-state index contributed by atoms with van der Waals surface area (Å²) >= 11 is 5.93. The van der Waals surface area contributed by atoms with Gasteiger partial charge in [-0.2, -0.15) is 0 Å². The van der Waals surface area contributed by atoms with Crippen molar-refractivity contribution in [3.63, 3.8) is 0 Å². The maximum absolute atomic E-state index is 13.7. The summed E-state index contributed by atoms with van der Waals surface area (Å²) in [5.41, 5.74) is 2.47. The van der Waals surface area contributed by atoms with E-state index in [1.165, 1.54) is 11.0 Å². The quantitative estimate of drug-likeness (QED) is 0.384. The first-order valence-corrected chi connectivity index (χ1v) is 11.5. The minimum absolute atomic E-state index is 0.000229. The van der Waals surface area contributed by atoms with E-state index in [-0.39, 0.29) is 34.9 Å². The summed E-state index contributed by atoms with van der Waals surface area (Å²) in [5.74, 6) is -6.58. The largest absolute Gasteiger partial charge is 0.510 e. The van der Waals surface area contributed by atoms with Crippen molar-refractivity contribution >= 4 is 29.1 Å². The van der Waals surface area contributed by atoms with Crippen molar-refractivity contribution in [1.82, 2.24) is 4.90 Å². The van der Waals surface area contributed by atoms with Gasteiger partial charge in [-0.15, -0.1) is 0 Å². The third-order valence-corrected chi connectivity index (χ3v) is 7.65. The molecule has 36 heavy (non-hydrogen) atoms. The van der Waals surface area contributed by atoms with Crippen LogP contribution in [0, 0.1) is 11.8 Å². The summed E-state index contributed by atoms with van der Waals surface area (Å²) in [4.78, 5) is 40.5. The number of benzene rings is 1. The van der Waals surface area contributed by atoms with Gasteiger partial charge in [0.05, 0.1) is 11.6 Å². The average molecular weight is 515 g/mol. The van der Waals surface area contributed by atoms with Crippen LogP contribution in [0.4, 0.5) is 0 Å². The van der Waals surface area contributed by atoms with Crippen LogP contribution < -0.4 is 5.73 Å². The molecule has 4 atom stereocenters. The number of carbonyl (C=O) groups excluding carboxylic acids is 3. The van der Waals surface area contributed by atoms with Crippen molar-refractivity contribution in [2.45, 2.75) is 24.5 Å². The lowest BCUT2D eigenvalue weighted by Gasteiger charge is -2.50. The average Bonchev–Trinajstić information content (AvgIpc) is 3.22. The van der Waals surface area contributed by atoms with Crippen LogP contribution in [0.3, 0.4) is 0 Å². The number of nitrogens with zero attached hydrogens (tertiary/aromatic N) is 1. The van der Waals surface area contributed by atoms with Crippen LogP contribution in [0.1, 0.15) is 22.3 Å². The number of Topliss-reactive ketones (excluding diaryl/α,β-unsaturated/α-hetero) is 2. The minimum Gasteiger partial charge on any atom is -0.510 e. The molecule has 3 aliphatic carbocycles. The first-order chi connectivity index (χ1) is 16.9. The number of phenols is 1. The Kier molecular flexibility index (Phi) is 5.33. The number of hydrogen-bond acceptors (Lipinski definition) is 9. The van der Waals surface area contributed by atoms with E-state index in [4.69, 9.17) is 21.8 Å². The normalized spacial score (nSPS) is 27.8. The molecule has 188 valence electrons. The van der Waals surface area contributed by atoms with Crippen molar-refractivity contribution in [2.24, 2.45) is 17.6 Å². The molecule has 0 aliphatic heterocycles. The van der Waals surface area contributed by atoms with E-state index in [0.717, 1.165) is 0 Å². The highest BCUT2D eigenvalue weighted by molar-refractivity contribution is 6.29. The fourth-order valence-corrected chi connectivity index (χ4v) is 6.09. The molecule has 0 saturated carbocycles. The minimum atomic E-state index is -2.67. The maximum atomic E-state index is 13.7. The maximum Gasteiger partial charge on any atom is 0.255 e. The standard InChI is InChI=1S/C25H23ClN2O8/c1-28(2)19-12-8-9-7-11-10(14-5-6-15(26)36-14)3-4-13(29)17(11)20(30)16(9)22(32)25(12,35)23(33)18(21(19)31)24(27)34/h3-6,9,12,19,29,31-32,35H,7-8H2,1-2H3,(H2,27,34)/t9-,12-,19-,25-/m0/s1. The molecular formula is C25H23ClN2O8. The molecule has 1 aromatic heterocycles. The first kappa shape index (κ1) is 24.1. The number of aromatic hydroxyl groups is 1. The van der Waals surface area contributed by atoms with Gasteiger partial charge >= 0.3 is 0 Å². The van der Waals surface area contributed by atoms with Gasteiger partial charge in [0, 0.05) is 17.1 Å². The zero-order valence-corrected chi connectivity index (χ0v) is 20.0. The van der Waals surface area contributed by atoms with E-state index in [9.17, 15) is 34.8 Å². The molecule has 3 aliphatic rings. The van der Waals surface area contributed by atoms with Crippen LogP contribution in [0.15, 0.2) is 51.3 Å². The van der Waals surface area contributed by atoms with E-state index in [1.54, 1.807) is 32.3 Å². The van der Waals surface area contributed by atoms with E-state index in [2.05, 4.69) is 0 Å². The van der Waals surface area contributed by atoms with Gasteiger partial charge in [-0.05, 0) is 74.3 Å². The Hall–Kier alpha value is -3.60. The fourth-order valence-electron chi connectivity index (χ4n) is 5.94. The third kappa shape index (κ3) is 3.08. The molecule has 0 unspecified atom stereocenters. The Morgan fingerprint density at radius 1 is 1.17 bits per heavy atom. The fraction of sp³-hybridized carbons (Fsp3) is 0.320. The van der Waals surface area contributed by atoms with Crippen molar-refractivity contribution < 1.29 is 39.2 Å². The number of primary amides is 1. The highest BCUT2D eigenvalue weighted by atomic mass is 35.5. The number of nitrogens with two attached hydrogens (primary N) is 1. The number of phenolic OH excluding ortho intramolecular Hbond substituents is 1. The van der Waals surface area contributed by atoms with Crippen LogP contribution in [-0.4, -0.2) is 68.5 Å². The van der Waals surface area contributed by atoms with Crippen LogP contribution in [0.5, 0.6) is 5.75 Å². The molecule has 5 rings (SSSR count). The Morgan fingerprint density at radius 3 is 2.44 bits per heavy atom. The summed E-state index contributed by atoms with van der Waals surface area (Å²) < 4.78 is 5.52. The number of allylic oxidation sites excluding steroid dienone is 1. The number of likely N-dealkylation sites (N-methyl/N-ethyl adjacent to an activating group) is 1. The lowest BCUT2D eigenvalue weighted by molar-refractivity contribution is -0.148. The van der Waals surface area contributed by atoms with Crippen LogP contribution in [-0.2, 0) is 16.0 Å². The summed E-state index contributed by atoms with van der Waals surface area (Å²) in [5, 5.41) is 44.4. The van der Waals surface area contributed by atoms with Gasteiger partial charge in [-0.3, -0.25) is 19.3 Å². The number of aliphatic hydroxyl groups excluding tert-OH is 2. The summed E-state index contributed by atoms with van der Waals surface area (Å²) in [6, 6.07) is 5.01. The smallest absolute Gasteiger partial charge is 0.255 e. The van der Waals surface area contributed by atoms with Crippen LogP contribution in [0.2, 0.25) is 5.22 Å². The monoisotopic (exact) mass is 514 g/mol. The molecular weight excluding hydrogens is 492 g/mol. The number of ketones is 2. The van der Waals surface area contributed by atoms with Crippen molar-refractivity contribution in [2.75, 3.05) is 14.1 Å². The highest BCUT2D eigenvalue weighted by Crippen LogP contribution is 2.53. The van der Waals surface area contributed by atoms with Gasteiger partial charge < -0.3 is 30.6 Å². The van der Waals surface area contributed by atoms with Gasteiger partial charge in [0.15, 0.2) is 16.6 Å². The molecule has 11 heteroatoms. The van der Waals surface area contributed by atoms with Gasteiger partial charge in [0.2, 0.25) is 5.78 Å². The molecule has 1 heterocycles. The molecule has 6 N–H and O–H groups in total. The summed E-state index contributed by atoms with van der Waals surface area (Å²) in [7, 11) is 3.15. The number of hydrogen-bond donors (Lipinski definition) is 5. The number of furan rings is 1. The SMILES string of the molecule is CN(C)[C@@H]1C(O)=C(C(N)=O)C(=O)[C@@]2(O)C(O)=C3C(=O)c4c(O)ccc(-c5ccc(Cl)o5)c4C[C@H]3C[C@@H]12. The topological polar surface area (TPSA) is 175 Å². The van der Waals surface area contributed by atoms with Gasteiger partial charge in [-0.1, -0.05) is 0 Å². The van der Waals surface area contributed by atoms with Crippen molar-refractivity contribution in [3.05, 3.63) is 63.3 Å². The zero-order valence-electron chi connectivity index (χ0n) is 19.3. The van der Waals surface area contributed by atoms with Crippen LogP contribution >= 0.6 is 11.6 Å². The lowest BCUT2D eigenvalue weighted by Crippen LogP contribution is -2.63. The van der Waals surface area contributed by atoms with Gasteiger partial charge in [0.1, 0.15) is 28.6 Å². The van der Waals surface area contributed by atoms with Gasteiger partial charge in [0.25, 0.3) is 5.91 Å². The molecule has 10 nitrogen and oxygen atoms in total. The van der Waals surface area contributed by atoms with Gasteiger partial charge in [-0.25, -0.2) is 0 Å². The van der Waals surface area contributed by atoms with Crippen molar-refractivity contribution in [3.8, 4) is 17.1 Å². The number of carbonyl (C=O) groups is 3. The van der Waals surface area contributed by atoms with E-state index >= 15 is 0 Å². The molecule has 0 fully saturated rings. The Balaban J connectivity index is 1.73. The van der Waals surface area contributed by atoms with Crippen LogP contribution in [0.25, 0.3) is 11.3 Å². The number of fused-ring (bicyclic) bond motifs is 3. The molecule has 0 bridgehead atoms. The van der Waals surface area contributed by atoms with E-state index in [1.807, 2.05) is 0 Å². The molecule has 0 spiro atoms. The predicted octanol–water partition coefficient (Wildman–Crippen LogP) is 2.03. The molecule has 2 aromatic rings. The Bertz CT molecular complexity index is 1420. The number of amides is 1. The molecule has 0 saturated heterocycles. The first-order valence-electron chi connectivity index (χ1n) is 11.1. The predicted molar refractivity (Wildman–Crippen MR) is 126 cm³/mol. The number of halogens is 1. The number of aliphatic hydroxyl groups is 3. The van der Waals surface area contributed by atoms with Crippen molar-refractivity contribution in [1.29, 1.82) is 0 Å². The van der Waals surface area contributed by atoms with E-state index in [0.29, 0.717) is 16.9 Å². The Morgan fingerprint density at radius 2 is 1.86 bits per heavy atom. The summed E-state index contributed by atoms with van der Waals surface area (Å²) in [6.07, 6.45) is 0.149. The van der Waals surface area contributed by atoms with E-state index < -0.39 is 58.0 Å².